The number of hydrogen-bond donors (Lipinski definition) is 4. The molecule has 0 atom stereocenters. The van der Waals surface area contributed by atoms with Crippen LogP contribution in [0, 0.1) is 6.92 Å². The highest BCUT2D eigenvalue weighted by Crippen LogP contribution is 2.36. The summed E-state index contributed by atoms with van der Waals surface area (Å²) in [7, 11) is -10.2. The number of rotatable bonds is 19. The average Bonchev–Trinajstić information content (AvgIpc) is 1.36. The number of benzene rings is 8. The van der Waals surface area contributed by atoms with Crippen LogP contribution in [0.3, 0.4) is 0 Å². The maximum atomic E-state index is 12.7. The molecule has 1 saturated heterocycles. The van der Waals surface area contributed by atoms with Crippen LogP contribution in [0.4, 0.5) is 33.2 Å². The normalized spacial score (nSPS) is 11.8. The van der Waals surface area contributed by atoms with Crippen LogP contribution in [-0.4, -0.2) is 105 Å². The Morgan fingerprint density at radius 3 is 1.06 bits per heavy atom. The lowest BCUT2D eigenvalue weighted by Gasteiger charge is -2.13. The second kappa shape index (κ2) is 38.1. The molecule has 13 rings (SSSR count). The van der Waals surface area contributed by atoms with Gasteiger partial charge in [-0.3, -0.25) is 44.0 Å². The second-order valence-corrected chi connectivity index (χ2v) is 34.4. The third kappa shape index (κ3) is 21.7. The van der Waals surface area contributed by atoms with Crippen molar-refractivity contribution in [2.75, 3.05) is 50.8 Å². The van der Waals surface area contributed by atoms with Gasteiger partial charge in [0, 0.05) is 86.6 Å². The molecule has 0 radical (unpaired) electrons. The summed E-state index contributed by atoms with van der Waals surface area (Å²) in [6.45, 7) is 8.90. The minimum atomic E-state index is -3.48. The first kappa shape index (κ1) is 84.5. The van der Waals surface area contributed by atoms with Gasteiger partial charge >= 0.3 is 6.09 Å². The first-order chi connectivity index (χ1) is 53.9. The van der Waals surface area contributed by atoms with Gasteiger partial charge in [0.15, 0.2) is 29.5 Å². The Labute approximate surface area is 683 Å². The van der Waals surface area contributed by atoms with E-state index in [1.807, 2.05) is 60.7 Å². The zero-order chi connectivity index (χ0) is 81.3. The summed E-state index contributed by atoms with van der Waals surface area (Å²) in [5.74, 6) is -1.54. The van der Waals surface area contributed by atoms with E-state index < -0.39 is 46.6 Å². The summed E-state index contributed by atoms with van der Waals surface area (Å²) in [5, 5.41) is 12.8. The lowest BCUT2D eigenvalue weighted by molar-refractivity contribution is 0.101. The van der Waals surface area contributed by atoms with Crippen LogP contribution in [-0.2, 0) is 34.2 Å². The molecule has 0 saturated carbocycles. The Kier molecular flexibility index (Phi) is 28.5. The number of nitrogens with zero attached hydrogens (tertiary/aromatic N) is 5. The fraction of sp³-hybridized carbons (Fsp3) is 0.120. The number of carbonyl (C=O) groups is 5. The maximum absolute atomic E-state index is 12.7. The van der Waals surface area contributed by atoms with E-state index in [0.29, 0.717) is 112 Å². The molecule has 0 bridgehead atoms. The number of ether oxygens (including phenoxy) is 1. The van der Waals surface area contributed by atoms with E-state index in [-0.39, 0.29) is 65.3 Å². The fourth-order valence-electron chi connectivity index (χ4n) is 10.9. The third-order valence-corrected chi connectivity index (χ3v) is 24.7. The molecule has 8 aromatic carbocycles. The number of cyclic esters (lactones) is 1. The Balaban J connectivity index is 0.000000160. The van der Waals surface area contributed by atoms with Crippen molar-refractivity contribution in [3.05, 3.63) is 307 Å². The van der Waals surface area contributed by atoms with Gasteiger partial charge in [0.1, 0.15) is 6.61 Å². The monoisotopic (exact) mass is 1690 g/mol. The van der Waals surface area contributed by atoms with Gasteiger partial charge in [-0.1, -0.05) is 108 Å². The standard InChI is InChI=1S/C21H18Cl2N2O3S.C21H16ClN3O3.C21H19ClN2O3S.C20H16Cl2N2O3S/c1-13(2)29(27,28)15-7-8-16(19(23)12-15)21(26)25-14-6-9-18(22)17(11-14)20-5-3-4-10-24-20;22-18-9-6-15(13-17(18)19-3-1-2-10-23-19)24-20(26)14-4-7-16(8-5-14)25-11-12-28-21(25)27;1-3-28(26,27)16-8-9-17(14(2)12-16)21(25)24-15-7-10-19(22)18(13-15)20-6-4-5-11-23-20;1-2-28(26,27)14-7-8-15(18(22)12-14)20(25)24-13-6-9-17(21)16(11-13)19-5-3-4-10-23-19/h3-13H,1-2H3,(H,25,26);1-10,13H,11-12H2,(H,24,26);4-13H,3H2,1-2H3,(H,24,25);3-12H,2H2,1H3,(H,24,25). The Hall–Kier alpha value is -10.9. The summed E-state index contributed by atoms with van der Waals surface area (Å²) in [6, 6.07) is 62.0. The van der Waals surface area contributed by atoms with Crippen LogP contribution in [0.1, 0.15) is 74.7 Å². The number of hydrogen-bond acceptors (Lipinski definition) is 16. The van der Waals surface area contributed by atoms with Crippen molar-refractivity contribution >= 4 is 157 Å². The van der Waals surface area contributed by atoms with Gasteiger partial charge in [0.05, 0.1) is 102 Å². The van der Waals surface area contributed by atoms with Crippen molar-refractivity contribution in [3.63, 3.8) is 0 Å². The molecule has 0 spiro atoms. The first-order valence-electron chi connectivity index (χ1n) is 34.5. The molecule has 1 aliphatic heterocycles. The molecule has 578 valence electrons. The highest BCUT2D eigenvalue weighted by atomic mass is 35.5. The Morgan fingerprint density at radius 2 is 0.743 bits per heavy atom. The lowest BCUT2D eigenvalue weighted by atomic mass is 10.1. The average molecular weight is 1690 g/mol. The van der Waals surface area contributed by atoms with E-state index in [2.05, 4.69) is 41.2 Å². The summed E-state index contributed by atoms with van der Waals surface area (Å²) in [5.41, 5.74) is 10.3. The lowest BCUT2D eigenvalue weighted by Crippen LogP contribution is -2.23. The van der Waals surface area contributed by atoms with E-state index in [9.17, 15) is 49.2 Å². The summed E-state index contributed by atoms with van der Waals surface area (Å²) >= 11 is 37.4. The number of anilines is 5. The van der Waals surface area contributed by atoms with E-state index in [0.717, 1.165) is 11.3 Å². The molecule has 21 nitrogen and oxygen atoms in total. The van der Waals surface area contributed by atoms with Crippen molar-refractivity contribution in [1.29, 1.82) is 0 Å². The van der Waals surface area contributed by atoms with Gasteiger partial charge in [-0.25, -0.2) is 30.0 Å². The summed E-state index contributed by atoms with van der Waals surface area (Å²) < 4.78 is 77.4. The van der Waals surface area contributed by atoms with Crippen molar-refractivity contribution in [2.24, 2.45) is 0 Å². The highest BCUT2D eigenvalue weighted by molar-refractivity contribution is 7.92. The Bertz CT molecular complexity index is 5710. The Morgan fingerprint density at radius 1 is 0.407 bits per heavy atom. The van der Waals surface area contributed by atoms with E-state index in [4.69, 9.17) is 74.3 Å². The van der Waals surface area contributed by atoms with Crippen LogP contribution < -0.4 is 26.2 Å². The molecule has 4 N–H and O–H groups in total. The smallest absolute Gasteiger partial charge is 0.414 e. The van der Waals surface area contributed by atoms with E-state index in [1.165, 1.54) is 59.5 Å². The number of aryl methyl sites for hydroxylation is 1. The molecule has 30 heteroatoms. The minimum Gasteiger partial charge on any atom is -0.447 e. The van der Waals surface area contributed by atoms with E-state index >= 15 is 0 Å². The number of amides is 5. The fourth-order valence-corrected chi connectivity index (χ4v) is 15.4. The molecule has 1 fully saturated rings. The van der Waals surface area contributed by atoms with Gasteiger partial charge in [0.2, 0.25) is 0 Å². The number of pyridine rings is 4. The largest absolute Gasteiger partial charge is 0.447 e. The van der Waals surface area contributed by atoms with Crippen LogP contribution >= 0.6 is 69.6 Å². The van der Waals surface area contributed by atoms with Gasteiger partial charge in [-0.2, -0.15) is 0 Å². The molecule has 5 heterocycles. The van der Waals surface area contributed by atoms with Crippen LogP contribution in [0.5, 0.6) is 0 Å². The maximum Gasteiger partial charge on any atom is 0.414 e. The first-order valence-corrected chi connectivity index (χ1v) is 41.6. The van der Waals surface area contributed by atoms with Crippen LogP contribution in [0.25, 0.3) is 45.0 Å². The third-order valence-electron chi connectivity index (χ3n) is 17.1. The zero-order valence-corrected chi connectivity index (χ0v) is 67.7. The minimum absolute atomic E-state index is 0.0130. The number of carbonyl (C=O) groups excluding carboxylic acids is 5. The molecular weight excluding hydrogens is 1620 g/mol. The summed E-state index contributed by atoms with van der Waals surface area (Å²) in [6.07, 6.45) is 6.30. The molecule has 0 unspecified atom stereocenters. The molecule has 5 amide bonds. The quantitative estimate of drug-likeness (QED) is 0.0585. The van der Waals surface area contributed by atoms with Gasteiger partial charge < -0.3 is 26.0 Å². The zero-order valence-electron chi connectivity index (χ0n) is 60.7. The molecule has 0 aliphatic carbocycles. The number of halogens is 6. The van der Waals surface area contributed by atoms with Gasteiger partial charge in [-0.05, 0) is 227 Å². The number of aromatic nitrogens is 4. The van der Waals surface area contributed by atoms with E-state index in [1.54, 1.807) is 169 Å². The topological polar surface area (TPSA) is 300 Å². The van der Waals surface area contributed by atoms with Gasteiger partial charge in [-0.15, -0.1) is 0 Å². The predicted octanol–water partition coefficient (Wildman–Crippen LogP) is 20.0. The van der Waals surface area contributed by atoms with Gasteiger partial charge in [0.25, 0.3) is 23.6 Å². The van der Waals surface area contributed by atoms with Crippen LogP contribution in [0.15, 0.2) is 264 Å². The van der Waals surface area contributed by atoms with Crippen molar-refractivity contribution in [3.8, 4) is 45.0 Å². The molecular formula is C83H69Cl6N9O12S3. The molecule has 1 aliphatic rings. The number of nitrogens with one attached hydrogen (secondary N) is 4. The SMILES string of the molecule is CC(C)S(=O)(=O)c1ccc(C(=O)Nc2ccc(Cl)c(-c3ccccn3)c2)c(Cl)c1.CCS(=O)(=O)c1ccc(C(=O)Nc2ccc(Cl)c(-c3ccccn3)c2)c(C)c1.CCS(=O)(=O)c1ccc(C(=O)Nc2ccc(Cl)c(-c3ccccn3)c2)c(Cl)c1.O=C(Nc1ccc(Cl)c(-c2ccccn2)c1)c1ccc(N2CCOC2=O)cc1. The van der Waals surface area contributed by atoms with Crippen LogP contribution in [0.2, 0.25) is 30.1 Å². The second-order valence-electron chi connectivity index (χ2n) is 24.9. The number of sulfone groups is 3. The predicted molar refractivity (Wildman–Crippen MR) is 448 cm³/mol. The van der Waals surface area contributed by atoms with Crippen molar-refractivity contribution in [1.82, 2.24) is 19.9 Å². The van der Waals surface area contributed by atoms with Crippen molar-refractivity contribution < 1.29 is 54.0 Å². The summed E-state index contributed by atoms with van der Waals surface area (Å²) in [4.78, 5) is 81.2. The molecule has 12 aromatic rings. The van der Waals surface area contributed by atoms with Crippen molar-refractivity contribution in [2.45, 2.75) is 54.6 Å². The highest BCUT2D eigenvalue weighted by Gasteiger charge is 2.26. The molecule has 4 aromatic heterocycles. The molecule has 113 heavy (non-hydrogen) atoms.